The number of benzene rings is 2. The van der Waals surface area contributed by atoms with Crippen LogP contribution in [0.1, 0.15) is 30.5 Å². The molecule has 0 radical (unpaired) electrons. The van der Waals surface area contributed by atoms with Gasteiger partial charge in [-0.25, -0.2) is 0 Å². The van der Waals surface area contributed by atoms with Gasteiger partial charge in [0.15, 0.2) is 0 Å². The van der Waals surface area contributed by atoms with E-state index in [2.05, 4.69) is 35.0 Å². The lowest BCUT2D eigenvalue weighted by Crippen LogP contribution is -2.31. The van der Waals surface area contributed by atoms with Crippen molar-refractivity contribution in [3.05, 3.63) is 68.5 Å². The summed E-state index contributed by atoms with van der Waals surface area (Å²) in [5, 5.41) is -0.206. The summed E-state index contributed by atoms with van der Waals surface area (Å²) >= 11 is 4.52. The van der Waals surface area contributed by atoms with E-state index in [-0.39, 0.29) is 17.1 Å². The second kappa shape index (κ2) is 8.97. The number of hydrogen-bond acceptors (Lipinski definition) is 4. The van der Waals surface area contributed by atoms with Crippen molar-refractivity contribution in [2.75, 3.05) is 6.54 Å². The van der Waals surface area contributed by atoms with E-state index >= 15 is 0 Å². The predicted molar refractivity (Wildman–Crippen MR) is 117 cm³/mol. The van der Waals surface area contributed by atoms with E-state index in [9.17, 15) is 9.59 Å². The van der Waals surface area contributed by atoms with E-state index in [1.165, 1.54) is 10.5 Å². The van der Waals surface area contributed by atoms with Gasteiger partial charge in [0.1, 0.15) is 12.4 Å². The number of imide groups is 1. The van der Waals surface area contributed by atoms with E-state index < -0.39 is 0 Å². The number of hydrogen-bond donors (Lipinski definition) is 0. The second-order valence-electron chi connectivity index (χ2n) is 7.15. The van der Waals surface area contributed by atoms with E-state index in [1.54, 1.807) is 6.08 Å². The molecule has 2 aromatic rings. The van der Waals surface area contributed by atoms with Gasteiger partial charge in [0.2, 0.25) is 0 Å². The van der Waals surface area contributed by atoms with Crippen LogP contribution in [0.25, 0.3) is 6.08 Å². The van der Waals surface area contributed by atoms with E-state index in [4.69, 9.17) is 4.74 Å². The van der Waals surface area contributed by atoms with Crippen molar-refractivity contribution in [3.63, 3.8) is 0 Å². The summed E-state index contributed by atoms with van der Waals surface area (Å²) in [5.74, 6) is 0.747. The fraction of sp³-hybridized carbons (Fsp3) is 0.273. The van der Waals surface area contributed by atoms with Gasteiger partial charge < -0.3 is 4.74 Å². The van der Waals surface area contributed by atoms with E-state index in [0.29, 0.717) is 18.1 Å². The number of ether oxygens (including phenoxy) is 1. The molecule has 0 bridgehead atoms. The Kier molecular flexibility index (Phi) is 6.62. The zero-order chi connectivity index (χ0) is 20.3. The van der Waals surface area contributed by atoms with Crippen LogP contribution >= 0.6 is 27.7 Å². The van der Waals surface area contributed by atoms with Crippen LogP contribution in [0.5, 0.6) is 5.75 Å². The summed E-state index contributed by atoms with van der Waals surface area (Å²) in [6.07, 6.45) is 1.75. The molecule has 0 aromatic heterocycles. The molecule has 1 saturated heterocycles. The lowest BCUT2D eigenvalue weighted by Gasteiger charge is -2.14. The number of aryl methyl sites for hydroxylation is 1. The second-order valence-corrected chi connectivity index (χ2v) is 9.00. The first-order valence-corrected chi connectivity index (χ1v) is 10.7. The molecule has 1 fully saturated rings. The molecule has 1 aliphatic rings. The van der Waals surface area contributed by atoms with Crippen molar-refractivity contribution in [2.45, 2.75) is 27.4 Å². The highest BCUT2D eigenvalue weighted by atomic mass is 79.9. The van der Waals surface area contributed by atoms with Gasteiger partial charge in [-0.05, 0) is 69.9 Å². The summed E-state index contributed by atoms with van der Waals surface area (Å²) < 4.78 is 6.69. The fourth-order valence-corrected chi connectivity index (χ4v) is 4.10. The lowest BCUT2D eigenvalue weighted by atomic mass is 10.1. The van der Waals surface area contributed by atoms with Crippen molar-refractivity contribution >= 4 is 44.9 Å². The molecule has 0 atom stereocenters. The van der Waals surface area contributed by atoms with Crippen molar-refractivity contribution < 1.29 is 14.3 Å². The maximum Gasteiger partial charge on any atom is 0.293 e. The predicted octanol–water partition coefficient (Wildman–Crippen LogP) is 6.03. The van der Waals surface area contributed by atoms with Crippen LogP contribution in [0, 0.1) is 12.8 Å². The minimum Gasteiger partial charge on any atom is -0.488 e. The van der Waals surface area contributed by atoms with Gasteiger partial charge in [-0.2, -0.15) is 0 Å². The summed E-state index contributed by atoms with van der Waals surface area (Å²) in [5.41, 5.74) is 3.15. The molecule has 4 nitrogen and oxygen atoms in total. The SMILES string of the molecule is Cc1ccc(COc2ccc(/C=C3/SC(=O)N(CC(C)C)C3=O)cc2Br)cc1. The van der Waals surface area contributed by atoms with Crippen molar-refractivity contribution in [1.29, 1.82) is 0 Å². The van der Waals surface area contributed by atoms with E-state index in [1.807, 2.05) is 44.2 Å². The molecule has 1 heterocycles. The smallest absolute Gasteiger partial charge is 0.293 e. The Balaban J connectivity index is 1.70. The van der Waals surface area contributed by atoms with Gasteiger partial charge in [0, 0.05) is 6.54 Å². The molecule has 0 spiro atoms. The van der Waals surface area contributed by atoms with Crippen molar-refractivity contribution in [3.8, 4) is 5.75 Å². The Hall–Kier alpha value is -2.05. The number of nitrogens with zero attached hydrogens (tertiary/aromatic N) is 1. The number of rotatable bonds is 6. The highest BCUT2D eigenvalue weighted by Gasteiger charge is 2.35. The molecule has 0 N–H and O–H groups in total. The summed E-state index contributed by atoms with van der Waals surface area (Å²) in [6.45, 7) is 6.94. The topological polar surface area (TPSA) is 46.6 Å². The molecular weight excluding hydrogens is 438 g/mol. The van der Waals surface area contributed by atoms with Gasteiger partial charge in [-0.15, -0.1) is 0 Å². The highest BCUT2D eigenvalue weighted by molar-refractivity contribution is 9.10. The molecule has 2 amide bonds. The van der Waals surface area contributed by atoms with Gasteiger partial charge >= 0.3 is 0 Å². The Morgan fingerprint density at radius 2 is 1.86 bits per heavy atom. The largest absolute Gasteiger partial charge is 0.488 e. The summed E-state index contributed by atoms with van der Waals surface area (Å²) in [6, 6.07) is 13.8. The molecule has 146 valence electrons. The first kappa shape index (κ1) is 20.7. The lowest BCUT2D eigenvalue weighted by molar-refractivity contribution is -0.123. The average molecular weight is 460 g/mol. The molecule has 0 aliphatic carbocycles. The normalized spacial score (nSPS) is 15.8. The minimum atomic E-state index is -0.223. The van der Waals surface area contributed by atoms with E-state index in [0.717, 1.165) is 33.1 Å². The molecule has 2 aromatic carbocycles. The molecule has 6 heteroatoms. The maximum atomic E-state index is 12.5. The number of carbonyl (C=O) groups is 2. The maximum absolute atomic E-state index is 12.5. The Labute approximate surface area is 178 Å². The summed E-state index contributed by atoms with van der Waals surface area (Å²) in [7, 11) is 0. The molecule has 0 unspecified atom stereocenters. The zero-order valence-corrected chi connectivity index (χ0v) is 18.5. The standard InChI is InChI=1S/C22H22BrNO3S/c1-14(2)12-24-21(25)20(28-22(24)26)11-17-8-9-19(18(23)10-17)27-13-16-6-4-15(3)5-7-16/h4-11,14H,12-13H2,1-3H3/b20-11+. The van der Waals surface area contributed by atoms with Crippen LogP contribution < -0.4 is 4.74 Å². The average Bonchev–Trinajstić information content (AvgIpc) is 2.89. The first-order chi connectivity index (χ1) is 13.3. The Bertz CT molecular complexity index is 922. The molecular formula is C22H22BrNO3S. The third-order valence-corrected chi connectivity index (χ3v) is 5.72. The van der Waals surface area contributed by atoms with Crippen LogP contribution in [0.3, 0.4) is 0 Å². The quantitative estimate of drug-likeness (QED) is 0.494. The molecule has 0 saturated carbocycles. The fourth-order valence-electron chi connectivity index (χ4n) is 2.74. The summed E-state index contributed by atoms with van der Waals surface area (Å²) in [4.78, 5) is 26.3. The van der Waals surface area contributed by atoms with Gasteiger partial charge in [0.25, 0.3) is 11.1 Å². The number of amides is 2. The molecule has 1 aliphatic heterocycles. The number of carbonyl (C=O) groups excluding carboxylic acids is 2. The molecule has 28 heavy (non-hydrogen) atoms. The van der Waals surface area contributed by atoms with Crippen molar-refractivity contribution in [1.82, 2.24) is 4.90 Å². The third-order valence-electron chi connectivity index (χ3n) is 4.19. The Morgan fingerprint density at radius 3 is 2.50 bits per heavy atom. The van der Waals surface area contributed by atoms with Crippen LogP contribution in [0.2, 0.25) is 0 Å². The number of thioether (sulfide) groups is 1. The van der Waals surface area contributed by atoms with Crippen LogP contribution in [0.15, 0.2) is 51.8 Å². The first-order valence-electron chi connectivity index (χ1n) is 9.06. The van der Waals surface area contributed by atoms with Crippen LogP contribution in [-0.2, 0) is 11.4 Å². The van der Waals surface area contributed by atoms with Gasteiger partial charge in [-0.1, -0.05) is 49.7 Å². The zero-order valence-electron chi connectivity index (χ0n) is 16.1. The monoisotopic (exact) mass is 459 g/mol. The van der Waals surface area contributed by atoms with Gasteiger partial charge in [-0.3, -0.25) is 14.5 Å². The molecule has 3 rings (SSSR count). The van der Waals surface area contributed by atoms with Gasteiger partial charge in [0.05, 0.1) is 9.38 Å². The third kappa shape index (κ3) is 5.06. The Morgan fingerprint density at radius 1 is 1.14 bits per heavy atom. The van der Waals surface area contributed by atoms with Crippen LogP contribution in [0.4, 0.5) is 4.79 Å². The number of halogens is 1. The van der Waals surface area contributed by atoms with Crippen LogP contribution in [-0.4, -0.2) is 22.6 Å². The van der Waals surface area contributed by atoms with Crippen molar-refractivity contribution in [2.24, 2.45) is 5.92 Å². The highest BCUT2D eigenvalue weighted by Crippen LogP contribution is 2.34. The minimum absolute atomic E-state index is 0.206.